The molecule has 1 saturated heterocycles. The van der Waals surface area contributed by atoms with E-state index in [1.165, 1.54) is 0 Å². The summed E-state index contributed by atoms with van der Waals surface area (Å²) < 4.78 is 5.30. The fourth-order valence-corrected chi connectivity index (χ4v) is 5.27. The predicted octanol–water partition coefficient (Wildman–Crippen LogP) is 5.06. The number of piperazine rings is 1. The minimum absolute atomic E-state index is 0.0284. The van der Waals surface area contributed by atoms with Crippen LogP contribution in [-0.2, 0) is 11.2 Å². The van der Waals surface area contributed by atoms with Crippen LogP contribution in [0.15, 0.2) is 48.5 Å². The van der Waals surface area contributed by atoms with Crippen LogP contribution in [-0.4, -0.2) is 59.9 Å². The lowest BCUT2D eigenvalue weighted by Gasteiger charge is -2.36. The summed E-state index contributed by atoms with van der Waals surface area (Å²) in [6, 6.07) is 16.0. The number of carbonyl (C=O) groups is 2. The number of fused-ring (bicyclic) bond motifs is 2. The number of ether oxygens (including phenoxy) is 1. The van der Waals surface area contributed by atoms with Crippen molar-refractivity contribution < 1.29 is 14.3 Å². The summed E-state index contributed by atoms with van der Waals surface area (Å²) in [4.78, 5) is 35.3. The molecule has 0 atom stereocenters. The van der Waals surface area contributed by atoms with Crippen molar-refractivity contribution in [3.05, 3.63) is 70.9 Å². The van der Waals surface area contributed by atoms with Gasteiger partial charge in [-0.05, 0) is 60.2 Å². The van der Waals surface area contributed by atoms with Gasteiger partial charge < -0.3 is 14.5 Å². The Hall–Kier alpha value is -3.67. The number of aromatic nitrogens is 1. The van der Waals surface area contributed by atoms with Crippen molar-refractivity contribution >= 4 is 34.4 Å². The second kappa shape index (κ2) is 10.1. The van der Waals surface area contributed by atoms with Crippen molar-refractivity contribution in [2.24, 2.45) is 5.92 Å². The van der Waals surface area contributed by atoms with Gasteiger partial charge in [-0.1, -0.05) is 44.2 Å². The van der Waals surface area contributed by atoms with Crippen molar-refractivity contribution in [2.45, 2.75) is 33.1 Å². The Labute approximate surface area is 212 Å². The number of nitrogens with zero attached hydrogens (tertiary/aromatic N) is 3. The molecule has 0 saturated carbocycles. The summed E-state index contributed by atoms with van der Waals surface area (Å²) in [5, 5.41) is 0.910. The van der Waals surface area contributed by atoms with Crippen molar-refractivity contribution in [1.29, 1.82) is 0 Å². The monoisotopic (exact) mass is 483 g/mol. The summed E-state index contributed by atoms with van der Waals surface area (Å²) in [5.74, 6) is 1.00. The number of benzene rings is 2. The molecule has 36 heavy (non-hydrogen) atoms. The van der Waals surface area contributed by atoms with Crippen LogP contribution >= 0.6 is 0 Å². The molecule has 1 aliphatic carbocycles. The van der Waals surface area contributed by atoms with Crippen LogP contribution in [0.25, 0.3) is 22.6 Å². The van der Waals surface area contributed by atoms with E-state index in [0.717, 1.165) is 63.9 Å². The minimum atomic E-state index is -0.0284. The van der Waals surface area contributed by atoms with Gasteiger partial charge in [0.1, 0.15) is 5.75 Å². The first-order valence-electron chi connectivity index (χ1n) is 12.8. The lowest BCUT2D eigenvalue weighted by Crippen LogP contribution is -2.51. The number of para-hydroxylation sites is 1. The fraction of sp³-hybridized carbons (Fsp3) is 0.367. The molecule has 186 valence electrons. The lowest BCUT2D eigenvalue weighted by molar-refractivity contribution is -0.135. The molecule has 1 aromatic heterocycles. The van der Waals surface area contributed by atoms with Gasteiger partial charge in [-0.2, -0.15) is 0 Å². The summed E-state index contributed by atoms with van der Waals surface area (Å²) in [7, 11) is 1.67. The van der Waals surface area contributed by atoms with E-state index in [4.69, 9.17) is 9.72 Å². The average Bonchev–Trinajstić information content (AvgIpc) is 2.91. The van der Waals surface area contributed by atoms with Gasteiger partial charge >= 0.3 is 0 Å². The maximum Gasteiger partial charge on any atom is 0.255 e. The zero-order valence-corrected chi connectivity index (χ0v) is 21.3. The molecule has 0 N–H and O–H groups in total. The fourth-order valence-electron chi connectivity index (χ4n) is 5.27. The van der Waals surface area contributed by atoms with E-state index in [1.54, 1.807) is 7.11 Å². The van der Waals surface area contributed by atoms with E-state index in [0.29, 0.717) is 26.2 Å². The van der Waals surface area contributed by atoms with Gasteiger partial charge in [0.05, 0.1) is 23.9 Å². The van der Waals surface area contributed by atoms with E-state index >= 15 is 0 Å². The smallest absolute Gasteiger partial charge is 0.255 e. The van der Waals surface area contributed by atoms with Gasteiger partial charge in [-0.25, -0.2) is 4.98 Å². The highest BCUT2D eigenvalue weighted by molar-refractivity contribution is 6.09. The van der Waals surface area contributed by atoms with Crippen LogP contribution in [0.1, 0.15) is 53.9 Å². The molecule has 1 aliphatic heterocycles. The Morgan fingerprint density at radius 3 is 2.33 bits per heavy atom. The van der Waals surface area contributed by atoms with Gasteiger partial charge in [0.2, 0.25) is 5.91 Å². The summed E-state index contributed by atoms with van der Waals surface area (Å²) in [6.45, 7) is 6.11. The zero-order valence-electron chi connectivity index (χ0n) is 21.3. The van der Waals surface area contributed by atoms with Crippen LogP contribution < -0.4 is 4.74 Å². The predicted molar refractivity (Wildman–Crippen MR) is 143 cm³/mol. The zero-order chi connectivity index (χ0) is 25.2. The van der Waals surface area contributed by atoms with Crippen molar-refractivity contribution in [1.82, 2.24) is 14.8 Å². The Kier molecular flexibility index (Phi) is 6.77. The van der Waals surface area contributed by atoms with Gasteiger partial charge in [-0.15, -0.1) is 0 Å². The van der Waals surface area contributed by atoms with Crippen LogP contribution in [0.2, 0.25) is 0 Å². The highest BCUT2D eigenvalue weighted by Crippen LogP contribution is 2.37. The van der Waals surface area contributed by atoms with E-state index in [1.807, 2.05) is 72.2 Å². The maximum atomic E-state index is 14.0. The molecule has 2 heterocycles. The van der Waals surface area contributed by atoms with Crippen molar-refractivity contribution in [3.8, 4) is 5.75 Å². The molecule has 6 nitrogen and oxygen atoms in total. The summed E-state index contributed by atoms with van der Waals surface area (Å²) >= 11 is 0. The number of rotatable bonds is 4. The molecule has 2 aliphatic rings. The number of amides is 2. The first-order chi connectivity index (χ1) is 17.5. The Bertz CT molecular complexity index is 1320. The number of methoxy groups -OCH3 is 1. The quantitative estimate of drug-likeness (QED) is 0.520. The standard InChI is InChI=1S/C30H33N3O3/c1-20(2)29(34)32-15-17-33(18-16-32)30(35)27-24-8-4-5-10-26(24)31-28-22(7-6-9-25(27)28)19-21-11-13-23(36-3)14-12-21/h4-5,8,10-14,19-20H,6-7,9,15-18H2,1-3H3/b22-19+. The summed E-state index contributed by atoms with van der Waals surface area (Å²) in [5.41, 5.74) is 5.86. The third-order valence-electron chi connectivity index (χ3n) is 7.21. The SMILES string of the molecule is COc1ccc(/C=C2\CCCc3c2nc2ccccc2c3C(=O)N2CCN(C(=O)C(C)C)CC2)cc1. The molecule has 0 spiro atoms. The number of carbonyl (C=O) groups excluding carboxylic acids is 2. The highest BCUT2D eigenvalue weighted by atomic mass is 16.5. The molecule has 0 bridgehead atoms. The van der Waals surface area contributed by atoms with Crippen LogP contribution in [0.4, 0.5) is 0 Å². The normalized spacial score (nSPS) is 16.9. The molecular formula is C30H33N3O3. The topological polar surface area (TPSA) is 62.7 Å². The number of hydrogen-bond donors (Lipinski definition) is 0. The molecule has 2 aromatic carbocycles. The van der Waals surface area contributed by atoms with Gasteiger partial charge in [-0.3, -0.25) is 9.59 Å². The van der Waals surface area contributed by atoms with E-state index in [-0.39, 0.29) is 17.7 Å². The first kappa shape index (κ1) is 24.0. The molecular weight excluding hydrogens is 450 g/mol. The second-order valence-corrected chi connectivity index (χ2v) is 9.90. The van der Waals surface area contributed by atoms with E-state index in [9.17, 15) is 9.59 Å². The van der Waals surface area contributed by atoms with E-state index in [2.05, 4.69) is 6.08 Å². The number of allylic oxidation sites excluding steroid dienone is 1. The molecule has 5 rings (SSSR count). The van der Waals surface area contributed by atoms with Gasteiger partial charge in [0.15, 0.2) is 0 Å². The average molecular weight is 484 g/mol. The molecule has 2 amide bonds. The first-order valence-corrected chi connectivity index (χ1v) is 12.8. The molecule has 0 unspecified atom stereocenters. The minimum Gasteiger partial charge on any atom is -0.497 e. The number of pyridine rings is 1. The Balaban J connectivity index is 1.52. The second-order valence-electron chi connectivity index (χ2n) is 9.90. The van der Waals surface area contributed by atoms with Gasteiger partial charge in [0, 0.05) is 37.5 Å². The largest absolute Gasteiger partial charge is 0.497 e. The number of hydrogen-bond acceptors (Lipinski definition) is 4. The lowest BCUT2D eigenvalue weighted by atomic mass is 9.85. The van der Waals surface area contributed by atoms with Crippen molar-refractivity contribution in [2.75, 3.05) is 33.3 Å². The highest BCUT2D eigenvalue weighted by Gasteiger charge is 2.30. The third-order valence-corrected chi connectivity index (χ3v) is 7.21. The molecule has 0 radical (unpaired) electrons. The van der Waals surface area contributed by atoms with Crippen LogP contribution in [0.3, 0.4) is 0 Å². The summed E-state index contributed by atoms with van der Waals surface area (Å²) in [6.07, 6.45) is 4.92. The third kappa shape index (κ3) is 4.60. The molecule has 1 fully saturated rings. The van der Waals surface area contributed by atoms with E-state index < -0.39 is 0 Å². The van der Waals surface area contributed by atoms with Crippen LogP contribution in [0.5, 0.6) is 5.75 Å². The Morgan fingerprint density at radius 2 is 1.64 bits per heavy atom. The van der Waals surface area contributed by atoms with Gasteiger partial charge in [0.25, 0.3) is 5.91 Å². The van der Waals surface area contributed by atoms with Crippen molar-refractivity contribution in [3.63, 3.8) is 0 Å². The van der Waals surface area contributed by atoms with Crippen LogP contribution in [0, 0.1) is 5.92 Å². The molecule has 6 heteroatoms. The maximum absolute atomic E-state index is 14.0. The molecule has 3 aromatic rings. The Morgan fingerprint density at radius 1 is 0.944 bits per heavy atom.